The van der Waals surface area contributed by atoms with Crippen molar-refractivity contribution in [2.75, 3.05) is 0 Å². The zero-order chi connectivity index (χ0) is 9.97. The van der Waals surface area contributed by atoms with Crippen LogP contribution in [-0.4, -0.2) is 10.9 Å². The molecule has 0 saturated heterocycles. The third kappa shape index (κ3) is 1.41. The minimum absolute atomic E-state index is 0.636. The van der Waals surface area contributed by atoms with Crippen LogP contribution in [0.1, 0.15) is 43.2 Å². The standard InChI is InChI=1S/C12H15NO/c1-2-9-7-8-12(13-14)11-6-4-3-5-10(9)11/h3-6,9,14H,2,7-8H2,1H3. The summed E-state index contributed by atoms with van der Waals surface area (Å²) in [5.74, 6) is 0.636. The van der Waals surface area contributed by atoms with Gasteiger partial charge in [0, 0.05) is 5.56 Å². The minimum atomic E-state index is 0.636. The Hall–Kier alpha value is -1.31. The Morgan fingerprint density at radius 2 is 2.21 bits per heavy atom. The van der Waals surface area contributed by atoms with Crippen molar-refractivity contribution in [1.82, 2.24) is 0 Å². The van der Waals surface area contributed by atoms with E-state index >= 15 is 0 Å². The lowest BCUT2D eigenvalue weighted by Crippen LogP contribution is -2.15. The molecular formula is C12H15NO. The van der Waals surface area contributed by atoms with Gasteiger partial charge in [0.25, 0.3) is 0 Å². The van der Waals surface area contributed by atoms with Gasteiger partial charge in [-0.15, -0.1) is 0 Å². The van der Waals surface area contributed by atoms with Crippen LogP contribution in [0, 0.1) is 0 Å². The first-order valence-corrected chi connectivity index (χ1v) is 5.17. The van der Waals surface area contributed by atoms with Gasteiger partial charge in [-0.2, -0.15) is 0 Å². The molecule has 1 aromatic carbocycles. The summed E-state index contributed by atoms with van der Waals surface area (Å²) < 4.78 is 0. The van der Waals surface area contributed by atoms with Gasteiger partial charge in [0.05, 0.1) is 5.71 Å². The van der Waals surface area contributed by atoms with E-state index in [1.807, 2.05) is 12.1 Å². The molecule has 1 unspecified atom stereocenters. The van der Waals surface area contributed by atoms with Gasteiger partial charge in [-0.25, -0.2) is 0 Å². The molecule has 0 fully saturated rings. The van der Waals surface area contributed by atoms with Crippen LogP contribution in [0.4, 0.5) is 0 Å². The van der Waals surface area contributed by atoms with Crippen LogP contribution in [0.25, 0.3) is 0 Å². The van der Waals surface area contributed by atoms with Crippen LogP contribution in [0.5, 0.6) is 0 Å². The first-order valence-electron chi connectivity index (χ1n) is 5.17. The topological polar surface area (TPSA) is 32.6 Å². The Kier molecular flexibility index (Phi) is 2.53. The molecule has 2 rings (SSSR count). The van der Waals surface area contributed by atoms with Gasteiger partial charge in [-0.05, 0) is 30.7 Å². The van der Waals surface area contributed by atoms with E-state index in [-0.39, 0.29) is 0 Å². The highest BCUT2D eigenvalue weighted by molar-refractivity contribution is 6.02. The molecule has 2 heteroatoms. The molecule has 14 heavy (non-hydrogen) atoms. The fourth-order valence-corrected chi connectivity index (χ4v) is 2.24. The van der Waals surface area contributed by atoms with E-state index in [1.54, 1.807) is 0 Å². The molecule has 1 aliphatic carbocycles. The zero-order valence-electron chi connectivity index (χ0n) is 8.40. The number of hydrogen-bond acceptors (Lipinski definition) is 2. The molecule has 0 bridgehead atoms. The maximum atomic E-state index is 8.88. The molecule has 1 atom stereocenters. The summed E-state index contributed by atoms with van der Waals surface area (Å²) in [7, 11) is 0. The van der Waals surface area contributed by atoms with Crippen molar-refractivity contribution >= 4 is 5.71 Å². The van der Waals surface area contributed by atoms with Crippen molar-refractivity contribution in [2.45, 2.75) is 32.1 Å². The summed E-state index contributed by atoms with van der Waals surface area (Å²) in [5.41, 5.74) is 3.31. The normalized spacial score (nSPS) is 23.5. The van der Waals surface area contributed by atoms with Gasteiger partial charge in [-0.3, -0.25) is 0 Å². The fourth-order valence-electron chi connectivity index (χ4n) is 2.24. The third-order valence-electron chi connectivity index (χ3n) is 3.05. The monoisotopic (exact) mass is 189 g/mol. The molecule has 2 nitrogen and oxygen atoms in total. The van der Waals surface area contributed by atoms with Gasteiger partial charge in [0.1, 0.15) is 0 Å². The Morgan fingerprint density at radius 3 is 2.93 bits per heavy atom. The van der Waals surface area contributed by atoms with E-state index in [4.69, 9.17) is 5.21 Å². The lowest BCUT2D eigenvalue weighted by molar-refractivity contribution is 0.317. The average molecular weight is 189 g/mol. The van der Waals surface area contributed by atoms with Crippen LogP contribution in [-0.2, 0) is 0 Å². The van der Waals surface area contributed by atoms with Crippen LogP contribution < -0.4 is 0 Å². The predicted octanol–water partition coefficient (Wildman–Crippen LogP) is 3.15. The van der Waals surface area contributed by atoms with Gasteiger partial charge >= 0.3 is 0 Å². The predicted molar refractivity (Wildman–Crippen MR) is 57.0 cm³/mol. The van der Waals surface area contributed by atoms with Crippen LogP contribution in [0.3, 0.4) is 0 Å². The summed E-state index contributed by atoms with van der Waals surface area (Å²) in [6.45, 7) is 2.21. The highest BCUT2D eigenvalue weighted by Gasteiger charge is 2.22. The van der Waals surface area contributed by atoms with E-state index < -0.39 is 0 Å². The minimum Gasteiger partial charge on any atom is -0.411 e. The van der Waals surface area contributed by atoms with E-state index in [0.29, 0.717) is 5.92 Å². The van der Waals surface area contributed by atoms with Crippen LogP contribution in [0.2, 0.25) is 0 Å². The molecule has 0 heterocycles. The molecule has 0 spiro atoms. The van der Waals surface area contributed by atoms with Crippen molar-refractivity contribution in [3.8, 4) is 0 Å². The molecule has 74 valence electrons. The molecule has 0 radical (unpaired) electrons. The smallest absolute Gasteiger partial charge is 0.0870 e. The van der Waals surface area contributed by atoms with Gasteiger partial charge in [-0.1, -0.05) is 36.3 Å². The Labute approximate surface area is 84.3 Å². The van der Waals surface area contributed by atoms with E-state index in [9.17, 15) is 0 Å². The summed E-state index contributed by atoms with van der Waals surface area (Å²) in [5, 5.41) is 12.3. The number of benzene rings is 1. The number of rotatable bonds is 1. The first-order chi connectivity index (χ1) is 6.86. The summed E-state index contributed by atoms with van der Waals surface area (Å²) in [4.78, 5) is 0. The van der Waals surface area contributed by atoms with Gasteiger partial charge < -0.3 is 5.21 Å². The van der Waals surface area contributed by atoms with E-state index in [0.717, 1.165) is 30.5 Å². The molecule has 0 amide bonds. The fraction of sp³-hybridized carbons (Fsp3) is 0.417. The van der Waals surface area contributed by atoms with Crippen molar-refractivity contribution < 1.29 is 5.21 Å². The van der Waals surface area contributed by atoms with Crippen molar-refractivity contribution in [1.29, 1.82) is 0 Å². The number of nitrogens with zero attached hydrogens (tertiary/aromatic N) is 1. The highest BCUT2D eigenvalue weighted by atomic mass is 16.4. The summed E-state index contributed by atoms with van der Waals surface area (Å²) >= 11 is 0. The molecular weight excluding hydrogens is 174 g/mol. The van der Waals surface area contributed by atoms with Gasteiger partial charge in [0.15, 0.2) is 0 Å². The highest BCUT2D eigenvalue weighted by Crippen LogP contribution is 2.33. The first kappa shape index (κ1) is 9.25. The van der Waals surface area contributed by atoms with Gasteiger partial charge in [0.2, 0.25) is 0 Å². The quantitative estimate of drug-likeness (QED) is 0.534. The lowest BCUT2D eigenvalue weighted by atomic mass is 9.80. The average Bonchev–Trinajstić information content (AvgIpc) is 2.27. The largest absolute Gasteiger partial charge is 0.411 e. The molecule has 0 saturated carbocycles. The maximum absolute atomic E-state index is 8.88. The summed E-state index contributed by atoms with van der Waals surface area (Å²) in [6, 6.07) is 8.25. The summed E-state index contributed by atoms with van der Waals surface area (Å²) in [6.07, 6.45) is 3.16. The second kappa shape index (κ2) is 3.82. The lowest BCUT2D eigenvalue weighted by Gasteiger charge is -2.24. The maximum Gasteiger partial charge on any atom is 0.0870 e. The third-order valence-corrected chi connectivity index (χ3v) is 3.05. The van der Waals surface area contributed by atoms with E-state index in [2.05, 4.69) is 24.2 Å². The molecule has 0 aliphatic heterocycles. The second-order valence-electron chi connectivity index (χ2n) is 3.78. The Balaban J connectivity index is 2.49. The van der Waals surface area contributed by atoms with Crippen LogP contribution >= 0.6 is 0 Å². The molecule has 1 aliphatic rings. The Bertz CT molecular complexity index is 357. The van der Waals surface area contributed by atoms with E-state index in [1.165, 1.54) is 5.56 Å². The van der Waals surface area contributed by atoms with Crippen molar-refractivity contribution in [3.05, 3.63) is 35.4 Å². The zero-order valence-corrected chi connectivity index (χ0v) is 8.40. The number of oxime groups is 1. The van der Waals surface area contributed by atoms with Crippen molar-refractivity contribution in [3.63, 3.8) is 0 Å². The molecule has 1 aromatic rings. The number of hydrogen-bond donors (Lipinski definition) is 1. The molecule has 1 N–H and O–H groups in total. The second-order valence-corrected chi connectivity index (χ2v) is 3.78. The SMILES string of the molecule is CCC1CCC(=NO)c2ccccc21. The molecule has 0 aromatic heterocycles. The number of fused-ring (bicyclic) bond motifs is 1. The van der Waals surface area contributed by atoms with Crippen LogP contribution in [0.15, 0.2) is 29.4 Å². The Morgan fingerprint density at radius 1 is 1.43 bits per heavy atom. The van der Waals surface area contributed by atoms with Crippen molar-refractivity contribution in [2.24, 2.45) is 5.16 Å².